The lowest BCUT2D eigenvalue weighted by atomic mass is 10.1. The van der Waals surface area contributed by atoms with Crippen LogP contribution in [0.1, 0.15) is 13.3 Å². The Labute approximate surface area is 97.7 Å². The van der Waals surface area contributed by atoms with Crippen LogP contribution in [0.5, 0.6) is 0 Å². The van der Waals surface area contributed by atoms with E-state index in [-0.39, 0.29) is 5.88 Å². The third-order valence-electron chi connectivity index (χ3n) is 1.51. The maximum absolute atomic E-state index is 10.6. The van der Waals surface area contributed by atoms with Crippen LogP contribution >= 0.6 is 42.6 Å². The summed E-state index contributed by atoms with van der Waals surface area (Å²) in [5.74, 6) is 0.00937. The molecule has 3 atom stereocenters. The molecule has 0 aliphatic carbocycles. The van der Waals surface area contributed by atoms with Crippen LogP contribution in [0.3, 0.4) is 0 Å². The van der Waals surface area contributed by atoms with Gasteiger partial charge in [0.2, 0.25) is 0 Å². The summed E-state index contributed by atoms with van der Waals surface area (Å²) in [6, 6.07) is 0. The van der Waals surface area contributed by atoms with Gasteiger partial charge in [-0.05, 0) is 6.42 Å². The summed E-state index contributed by atoms with van der Waals surface area (Å²) in [6.07, 6.45) is -0.478. The average molecular weight is 285 g/mol. The molecule has 14 heavy (non-hydrogen) atoms. The Morgan fingerprint density at radius 1 is 1.36 bits per heavy atom. The molecule has 0 aliphatic rings. The first-order valence-corrected chi connectivity index (χ1v) is 6.83. The normalized spacial score (nSPS) is 19.0. The van der Waals surface area contributed by atoms with E-state index in [1.165, 1.54) is 0 Å². The van der Waals surface area contributed by atoms with Crippen molar-refractivity contribution in [1.82, 2.24) is 0 Å². The van der Waals surface area contributed by atoms with Gasteiger partial charge in [0.1, 0.15) is 6.10 Å². The van der Waals surface area contributed by atoms with Crippen molar-refractivity contribution >= 4 is 42.6 Å². The highest BCUT2D eigenvalue weighted by Gasteiger charge is 2.32. The molecule has 3 unspecified atom stereocenters. The summed E-state index contributed by atoms with van der Waals surface area (Å²) in [4.78, 5) is 17.2. The van der Waals surface area contributed by atoms with E-state index in [2.05, 4.69) is 4.52 Å². The second-order valence-electron chi connectivity index (χ2n) is 2.66. The summed E-state index contributed by atoms with van der Waals surface area (Å²) in [5, 5.41) is -1.31. The largest absolute Gasteiger partial charge is 0.469 e. The highest BCUT2D eigenvalue weighted by Crippen LogP contribution is 2.41. The number of alkyl halides is 3. The van der Waals surface area contributed by atoms with Crippen LogP contribution < -0.4 is 0 Å². The van der Waals surface area contributed by atoms with Crippen molar-refractivity contribution in [1.29, 1.82) is 0 Å². The van der Waals surface area contributed by atoms with Gasteiger partial charge in [0.25, 0.3) is 0 Å². The first kappa shape index (κ1) is 15.0. The topological polar surface area (TPSA) is 66.8 Å². The quantitative estimate of drug-likeness (QED) is 0.580. The zero-order valence-corrected chi connectivity index (χ0v) is 10.6. The minimum Gasteiger partial charge on any atom is -0.303 e. The second kappa shape index (κ2) is 6.54. The maximum Gasteiger partial charge on any atom is 0.469 e. The monoisotopic (exact) mass is 284 g/mol. The molecule has 4 nitrogen and oxygen atoms in total. The average Bonchev–Trinajstić information content (AvgIpc) is 2.10. The van der Waals surface area contributed by atoms with Crippen molar-refractivity contribution in [3.8, 4) is 0 Å². The zero-order chi connectivity index (χ0) is 11.4. The number of phosphoric acid groups is 1. The Bertz CT molecular complexity index is 199. The van der Waals surface area contributed by atoms with Gasteiger partial charge in [-0.25, -0.2) is 4.57 Å². The molecule has 0 aromatic rings. The van der Waals surface area contributed by atoms with Crippen LogP contribution in [0.2, 0.25) is 0 Å². The Hall–Kier alpha value is 0.980. The highest BCUT2D eigenvalue weighted by molar-refractivity contribution is 7.46. The molecular weight excluding hydrogens is 273 g/mol. The predicted octanol–water partition coefficient (Wildman–Crippen LogP) is 2.33. The third-order valence-corrected chi connectivity index (χ3v) is 3.48. The van der Waals surface area contributed by atoms with Gasteiger partial charge in [0, 0.05) is 5.88 Å². The molecule has 0 spiro atoms. The van der Waals surface area contributed by atoms with Crippen LogP contribution in [0, 0.1) is 0 Å². The molecule has 8 heteroatoms. The van der Waals surface area contributed by atoms with Crippen molar-refractivity contribution in [3.63, 3.8) is 0 Å². The Morgan fingerprint density at radius 3 is 2.14 bits per heavy atom. The summed E-state index contributed by atoms with van der Waals surface area (Å²) in [6.45, 7) is 1.76. The van der Waals surface area contributed by atoms with E-state index in [4.69, 9.17) is 44.6 Å². The third kappa shape index (κ3) is 5.76. The van der Waals surface area contributed by atoms with E-state index >= 15 is 0 Å². The Kier molecular flexibility index (Phi) is 7.00. The lowest BCUT2D eigenvalue weighted by Crippen LogP contribution is -2.33. The van der Waals surface area contributed by atoms with Crippen LogP contribution in [0.4, 0.5) is 0 Å². The van der Waals surface area contributed by atoms with Crippen LogP contribution in [0.15, 0.2) is 0 Å². The van der Waals surface area contributed by atoms with Gasteiger partial charge < -0.3 is 9.79 Å². The lowest BCUT2D eigenvalue weighted by Gasteiger charge is -2.24. The standard InChI is InChI=1S/C6H12Cl3O4P/c1-2-4(8)6(5(9)3-7)13-14(10,11)12/h4-6H,2-3H2,1H3,(H2,10,11,12). The van der Waals surface area contributed by atoms with Crippen LogP contribution in [0.25, 0.3) is 0 Å². The molecular formula is C6H12Cl3O4P. The number of hydrogen-bond acceptors (Lipinski definition) is 2. The molecule has 0 bridgehead atoms. The minimum absolute atomic E-state index is 0.00937. The van der Waals surface area contributed by atoms with Gasteiger partial charge in [-0.15, -0.1) is 34.8 Å². The van der Waals surface area contributed by atoms with Gasteiger partial charge in [0.05, 0.1) is 10.8 Å². The predicted molar refractivity (Wildman–Crippen MR) is 57.2 cm³/mol. The van der Waals surface area contributed by atoms with E-state index in [9.17, 15) is 4.57 Å². The summed E-state index contributed by atoms with van der Waals surface area (Å²) in [7, 11) is -4.58. The van der Waals surface area contributed by atoms with Gasteiger partial charge >= 0.3 is 7.82 Å². The highest BCUT2D eigenvalue weighted by atomic mass is 35.5. The van der Waals surface area contributed by atoms with E-state index < -0.39 is 24.7 Å². The van der Waals surface area contributed by atoms with Crippen molar-refractivity contribution < 1.29 is 18.9 Å². The molecule has 0 aliphatic heterocycles. The van der Waals surface area contributed by atoms with Crippen LogP contribution in [-0.2, 0) is 9.09 Å². The number of hydrogen-bond donors (Lipinski definition) is 2. The van der Waals surface area contributed by atoms with Gasteiger partial charge in [0.15, 0.2) is 0 Å². The molecule has 0 amide bonds. The Balaban J connectivity index is 4.48. The van der Waals surface area contributed by atoms with Crippen LogP contribution in [-0.4, -0.2) is 32.5 Å². The molecule has 0 fully saturated rings. The summed E-state index contributed by atoms with van der Waals surface area (Å²) >= 11 is 17.0. The summed E-state index contributed by atoms with van der Waals surface area (Å²) < 4.78 is 15.1. The van der Waals surface area contributed by atoms with E-state index in [1.807, 2.05) is 0 Å². The second-order valence-corrected chi connectivity index (χ2v) is 5.28. The van der Waals surface area contributed by atoms with Crippen molar-refractivity contribution in [2.75, 3.05) is 5.88 Å². The van der Waals surface area contributed by atoms with Gasteiger partial charge in [-0.1, -0.05) is 6.92 Å². The van der Waals surface area contributed by atoms with E-state index in [0.717, 1.165) is 0 Å². The van der Waals surface area contributed by atoms with Crippen molar-refractivity contribution in [2.45, 2.75) is 30.2 Å². The smallest absolute Gasteiger partial charge is 0.303 e. The van der Waals surface area contributed by atoms with Crippen molar-refractivity contribution in [2.24, 2.45) is 0 Å². The molecule has 2 N–H and O–H groups in total. The molecule has 86 valence electrons. The Morgan fingerprint density at radius 2 is 1.86 bits per heavy atom. The lowest BCUT2D eigenvalue weighted by molar-refractivity contribution is 0.128. The van der Waals surface area contributed by atoms with E-state index in [0.29, 0.717) is 6.42 Å². The molecule has 0 rings (SSSR count). The fourth-order valence-electron chi connectivity index (χ4n) is 0.837. The fourth-order valence-corrected chi connectivity index (χ4v) is 2.30. The minimum atomic E-state index is -4.58. The summed E-state index contributed by atoms with van der Waals surface area (Å²) in [5.41, 5.74) is 0. The maximum atomic E-state index is 10.6. The van der Waals surface area contributed by atoms with Gasteiger partial charge in [-0.3, -0.25) is 4.52 Å². The number of phosphoric ester groups is 1. The molecule has 0 aromatic carbocycles. The molecule has 0 aromatic heterocycles. The zero-order valence-electron chi connectivity index (χ0n) is 7.44. The van der Waals surface area contributed by atoms with Gasteiger partial charge in [-0.2, -0.15) is 0 Å². The number of rotatable bonds is 6. The first-order valence-electron chi connectivity index (χ1n) is 3.89. The fraction of sp³-hybridized carbons (Fsp3) is 1.00. The number of halogens is 3. The molecule has 0 saturated carbocycles. The molecule has 0 heterocycles. The first-order chi connectivity index (χ1) is 6.31. The SMILES string of the molecule is CCC(Cl)C(OP(=O)(O)O)C(Cl)CCl. The van der Waals surface area contributed by atoms with Crippen molar-refractivity contribution in [3.05, 3.63) is 0 Å². The molecule has 0 radical (unpaired) electrons. The molecule has 0 saturated heterocycles. The van der Waals surface area contributed by atoms with E-state index in [1.54, 1.807) is 6.92 Å².